The standard InChI is InChI=1S/C46H50N8O8/c1-29-14-17-38-45(2,3)18-9-19-46(38,4)35(29)16-15-30(44(60)62-28-32-26-52(50-48-32)21-23-54-37-13-8-6-11-34(37)41(57)43(54)59)24-39(55)61-27-31-25-51(49-47-31)20-22-53-36-12-7-5-10-33(36)40(56)42(53)58/h5-8,10-13,15,25-26,35,38H,1,9,14,16-24,27-28H2,2-4H3/b30-15+/t35-,38-,46+/m0/s1. The smallest absolute Gasteiger partial charge is 0.334 e. The summed E-state index contributed by atoms with van der Waals surface area (Å²) in [5.41, 5.74) is 4.03. The number of ether oxygens (including phenoxy) is 2. The van der Waals surface area contributed by atoms with Gasteiger partial charge < -0.3 is 19.3 Å². The van der Waals surface area contributed by atoms with Crippen molar-refractivity contribution >= 4 is 46.7 Å². The van der Waals surface area contributed by atoms with Gasteiger partial charge in [-0.1, -0.05) is 80.1 Å². The molecule has 0 N–H and O–H groups in total. The minimum atomic E-state index is -0.691. The van der Waals surface area contributed by atoms with E-state index in [1.807, 2.05) is 0 Å². The van der Waals surface area contributed by atoms with Gasteiger partial charge in [-0.25, -0.2) is 4.79 Å². The third-order valence-electron chi connectivity index (χ3n) is 13.3. The van der Waals surface area contributed by atoms with Crippen LogP contribution in [0, 0.1) is 22.7 Å². The number of anilines is 2. The van der Waals surface area contributed by atoms with Gasteiger partial charge in [-0.3, -0.25) is 33.3 Å². The topological polar surface area (TPSA) is 189 Å². The normalized spacial score (nSPS) is 21.9. The average molecular weight is 843 g/mol. The highest BCUT2D eigenvalue weighted by Gasteiger charge is 2.52. The predicted octanol–water partition coefficient (Wildman–Crippen LogP) is 5.62. The van der Waals surface area contributed by atoms with Crippen molar-refractivity contribution in [2.45, 2.75) is 92.0 Å². The number of fused-ring (bicyclic) bond motifs is 3. The summed E-state index contributed by atoms with van der Waals surface area (Å²) in [6.45, 7) is 12.0. The summed E-state index contributed by atoms with van der Waals surface area (Å²) in [7, 11) is 0. The molecule has 4 heterocycles. The molecule has 0 unspecified atom stereocenters. The summed E-state index contributed by atoms with van der Waals surface area (Å²) in [5, 5.41) is 16.5. The highest BCUT2D eigenvalue weighted by atomic mass is 16.5. The summed E-state index contributed by atoms with van der Waals surface area (Å²) in [6, 6.07) is 13.7. The molecule has 16 nitrogen and oxygen atoms in total. The minimum absolute atomic E-state index is 0.0105. The van der Waals surface area contributed by atoms with Crippen molar-refractivity contribution in [3.8, 4) is 0 Å². The lowest BCUT2D eigenvalue weighted by Crippen LogP contribution is -2.49. The van der Waals surface area contributed by atoms with Crippen molar-refractivity contribution in [1.29, 1.82) is 0 Å². The molecular weight excluding hydrogens is 793 g/mol. The van der Waals surface area contributed by atoms with Gasteiger partial charge in [-0.15, -0.1) is 10.2 Å². The summed E-state index contributed by atoms with van der Waals surface area (Å²) >= 11 is 0. The Morgan fingerprint density at radius 2 is 1.32 bits per heavy atom. The molecule has 16 heteroatoms. The van der Waals surface area contributed by atoms with Crippen molar-refractivity contribution in [3.05, 3.63) is 107 Å². The Hall–Kier alpha value is -6.58. The summed E-state index contributed by atoms with van der Waals surface area (Å²) in [4.78, 5) is 80.1. The lowest BCUT2D eigenvalue weighted by atomic mass is 9.47. The summed E-state index contributed by atoms with van der Waals surface area (Å²) in [5.74, 6) is -3.04. The molecule has 0 spiro atoms. The number of nitrogens with zero attached hydrogens (tertiary/aromatic N) is 8. The van der Waals surface area contributed by atoms with Crippen molar-refractivity contribution in [3.63, 3.8) is 0 Å². The molecule has 4 aromatic rings. The molecule has 0 radical (unpaired) electrons. The molecule has 2 aliphatic carbocycles. The average Bonchev–Trinajstić information content (AvgIpc) is 4.02. The number of benzene rings is 2. The number of carbonyl (C=O) groups excluding carboxylic acids is 6. The molecule has 8 rings (SSSR count). The molecule has 2 saturated carbocycles. The van der Waals surface area contributed by atoms with Crippen LogP contribution in [0.15, 0.2) is 84.7 Å². The second-order valence-corrected chi connectivity index (χ2v) is 17.6. The quantitative estimate of drug-likeness (QED) is 0.0623. The number of rotatable bonds is 15. The zero-order valence-corrected chi connectivity index (χ0v) is 35.2. The van der Waals surface area contributed by atoms with E-state index >= 15 is 0 Å². The fourth-order valence-electron chi connectivity index (χ4n) is 10.2. The molecule has 2 aromatic heterocycles. The Morgan fingerprint density at radius 3 is 1.90 bits per heavy atom. The fourth-order valence-corrected chi connectivity index (χ4v) is 10.2. The van der Waals surface area contributed by atoms with Crippen LogP contribution in [0.5, 0.6) is 0 Å². The van der Waals surface area contributed by atoms with Crippen molar-refractivity contribution in [2.24, 2.45) is 22.7 Å². The van der Waals surface area contributed by atoms with Crippen LogP contribution in [-0.2, 0) is 55.0 Å². The Bertz CT molecular complexity index is 2500. The third kappa shape index (κ3) is 8.25. The molecule has 322 valence electrons. The summed E-state index contributed by atoms with van der Waals surface area (Å²) < 4.78 is 14.3. The van der Waals surface area contributed by atoms with Gasteiger partial charge in [-0.05, 0) is 79.0 Å². The zero-order valence-electron chi connectivity index (χ0n) is 35.2. The first-order valence-electron chi connectivity index (χ1n) is 21.1. The molecule has 4 aliphatic rings. The van der Waals surface area contributed by atoms with Gasteiger partial charge in [-0.2, -0.15) is 0 Å². The van der Waals surface area contributed by atoms with Gasteiger partial charge in [0.05, 0.1) is 54.4 Å². The number of carbonyl (C=O) groups is 6. The molecular formula is C46H50N8O8. The van der Waals surface area contributed by atoms with Crippen LogP contribution < -0.4 is 9.80 Å². The van der Waals surface area contributed by atoms with Crippen LogP contribution in [-0.4, -0.2) is 78.4 Å². The number of Topliss-reactive ketones (excluding diaryl/α,β-unsaturated/α-hetero) is 2. The first kappa shape index (κ1) is 42.1. The van der Waals surface area contributed by atoms with E-state index in [-0.39, 0.29) is 68.1 Å². The molecule has 2 fully saturated rings. The van der Waals surface area contributed by atoms with Crippen LogP contribution >= 0.6 is 0 Å². The zero-order chi connectivity index (χ0) is 43.8. The molecule has 2 aliphatic heterocycles. The van der Waals surface area contributed by atoms with Gasteiger partial charge >= 0.3 is 11.9 Å². The third-order valence-corrected chi connectivity index (χ3v) is 13.3. The number of para-hydroxylation sites is 2. The summed E-state index contributed by atoms with van der Waals surface area (Å²) in [6.07, 6.45) is 10.5. The number of hydrogen-bond donors (Lipinski definition) is 0. The monoisotopic (exact) mass is 842 g/mol. The van der Waals surface area contributed by atoms with Gasteiger partial charge in [0.25, 0.3) is 23.4 Å². The Kier molecular flexibility index (Phi) is 11.6. The minimum Gasteiger partial charge on any atom is -0.459 e. The largest absolute Gasteiger partial charge is 0.459 e. The lowest BCUT2D eigenvalue weighted by molar-refractivity contribution is -0.147. The van der Waals surface area contributed by atoms with Crippen LogP contribution in [0.4, 0.5) is 11.4 Å². The van der Waals surface area contributed by atoms with Gasteiger partial charge in [0.15, 0.2) is 0 Å². The van der Waals surface area contributed by atoms with E-state index in [9.17, 15) is 28.8 Å². The number of ketones is 2. The second kappa shape index (κ2) is 17.1. The number of hydrogen-bond acceptors (Lipinski definition) is 12. The van der Waals surface area contributed by atoms with Crippen LogP contribution in [0.25, 0.3) is 0 Å². The van der Waals surface area contributed by atoms with Crippen LogP contribution in [0.1, 0.15) is 97.8 Å². The van der Waals surface area contributed by atoms with E-state index in [4.69, 9.17) is 9.47 Å². The van der Waals surface area contributed by atoms with E-state index in [0.717, 1.165) is 31.3 Å². The van der Waals surface area contributed by atoms with Crippen molar-refractivity contribution < 1.29 is 38.2 Å². The van der Waals surface area contributed by atoms with Crippen LogP contribution in [0.2, 0.25) is 0 Å². The molecule has 2 amide bonds. The van der Waals surface area contributed by atoms with Gasteiger partial charge in [0.1, 0.15) is 24.6 Å². The van der Waals surface area contributed by atoms with E-state index < -0.39 is 35.3 Å². The van der Waals surface area contributed by atoms with Gasteiger partial charge in [0, 0.05) is 18.7 Å². The van der Waals surface area contributed by atoms with Crippen LogP contribution in [0.3, 0.4) is 0 Å². The number of allylic oxidation sites excluding steroid dienone is 2. The molecule has 62 heavy (non-hydrogen) atoms. The predicted molar refractivity (Wildman–Crippen MR) is 224 cm³/mol. The number of aromatic nitrogens is 6. The molecule has 0 bridgehead atoms. The van der Waals surface area contributed by atoms with E-state index in [0.29, 0.717) is 46.2 Å². The molecule has 3 atom stereocenters. The maximum atomic E-state index is 13.8. The second-order valence-electron chi connectivity index (χ2n) is 17.6. The van der Waals surface area contributed by atoms with Crippen molar-refractivity contribution in [1.82, 2.24) is 30.0 Å². The Labute approximate surface area is 358 Å². The highest BCUT2D eigenvalue weighted by molar-refractivity contribution is 6.52. The van der Waals surface area contributed by atoms with Crippen molar-refractivity contribution in [2.75, 3.05) is 22.9 Å². The fraction of sp³-hybridized carbons (Fsp3) is 0.435. The number of amides is 2. The molecule has 2 aromatic carbocycles. The van der Waals surface area contributed by atoms with E-state index in [2.05, 4.69) is 48.0 Å². The van der Waals surface area contributed by atoms with E-state index in [1.165, 1.54) is 25.6 Å². The maximum Gasteiger partial charge on any atom is 0.334 e. The SMILES string of the molecule is C=C1CC[C@H]2C(C)(C)CCC[C@]2(C)[C@H]1C/C=C(\CC(=O)OCc1cn(CCN2C(=O)C(=O)c3ccccc32)nn1)C(=O)OCc1cn(CCN2C(=O)C(=O)c3ccccc32)nn1. The Morgan fingerprint density at radius 1 is 0.774 bits per heavy atom. The lowest BCUT2D eigenvalue weighted by Gasteiger charge is -2.58. The molecule has 0 saturated heterocycles. The van der Waals surface area contributed by atoms with E-state index in [1.54, 1.807) is 67.0 Å². The highest BCUT2D eigenvalue weighted by Crippen LogP contribution is 2.61. The first-order chi connectivity index (χ1) is 29.7. The number of esters is 2. The Balaban J connectivity index is 0.909. The van der Waals surface area contributed by atoms with Gasteiger partial charge in [0.2, 0.25) is 0 Å². The first-order valence-corrected chi connectivity index (χ1v) is 21.1. The maximum absolute atomic E-state index is 13.8.